The number of fused-ring (bicyclic) bond motifs is 17. The molecule has 0 aliphatic carbocycles. The maximum Gasteiger partial charge on any atom is 0.143 e. The van der Waals surface area contributed by atoms with Crippen LogP contribution in [-0.2, 0) is 0 Å². The Morgan fingerprint density at radius 3 is 0.928 bits per heavy atom. The Kier molecular flexibility index (Phi) is 19.2. The molecule has 0 aliphatic heterocycles. The Labute approximate surface area is 801 Å². The average molecular weight is 1800 g/mol. The minimum atomic E-state index is 0.899. The molecular weight excluding hydrogens is 1720 g/mol. The summed E-state index contributed by atoms with van der Waals surface area (Å²) in [6.07, 6.45) is 0. The van der Waals surface area contributed by atoms with Gasteiger partial charge >= 0.3 is 0 Å². The van der Waals surface area contributed by atoms with E-state index in [1.165, 1.54) is 32.9 Å². The van der Waals surface area contributed by atoms with Crippen molar-refractivity contribution in [3.05, 3.63) is 473 Å². The molecule has 28 rings (SSSR count). The summed E-state index contributed by atoms with van der Waals surface area (Å²) in [5.41, 5.74) is 38.6. The number of rotatable bonds is 15. The summed E-state index contributed by atoms with van der Waals surface area (Å²) in [7, 11) is 0. The van der Waals surface area contributed by atoms with Crippen molar-refractivity contribution in [1.29, 1.82) is 0 Å². The van der Waals surface area contributed by atoms with Gasteiger partial charge in [0, 0.05) is 121 Å². The van der Waals surface area contributed by atoms with Crippen LogP contribution in [0.5, 0.6) is 0 Å². The van der Waals surface area contributed by atoms with Gasteiger partial charge in [-0.25, -0.2) is 9.97 Å². The van der Waals surface area contributed by atoms with E-state index in [9.17, 15) is 0 Å². The summed E-state index contributed by atoms with van der Waals surface area (Å²) in [5.74, 6) is 0. The number of nitrogens with zero attached hydrogens (tertiary/aromatic N) is 4. The molecule has 138 heavy (non-hydrogen) atoms. The highest BCUT2D eigenvalue weighted by atomic mass is 32.1. The van der Waals surface area contributed by atoms with Crippen LogP contribution in [-0.4, -0.2) is 14.5 Å². The minimum absolute atomic E-state index is 0.899. The SMILES string of the molecule is c1ccc(-n2c3ccccc3c3cc(-c4ccc(-c5nc6c(-c7ccc(-c8ccc9oc%10ccccc%10c9c8)cc7)ccc(-c7ccc(-c8ccc9oc%10ccccc%10c9c8)cc7)c6s5)cc4)ccc32)cc1.c1ccc(N(c2ccccc2)c2ccc(-c3nc4c(-c5ccc(-c6cccc7c6oc6ccccc67)cc5)ccc(-c5ccc(-c6cccc7c6oc6ccccc67)cc5)c4s3)cc2)cc1. The van der Waals surface area contributed by atoms with Crippen molar-refractivity contribution in [2.75, 3.05) is 4.90 Å². The van der Waals surface area contributed by atoms with Gasteiger partial charge in [0.2, 0.25) is 0 Å². The van der Waals surface area contributed by atoms with Crippen LogP contribution in [0, 0.1) is 0 Å². The third-order valence-corrected chi connectivity index (χ3v) is 29.6. The van der Waals surface area contributed by atoms with Crippen LogP contribution in [0.25, 0.3) is 257 Å². The molecule has 7 aromatic heterocycles. The number of para-hydroxylation sites is 10. The van der Waals surface area contributed by atoms with Gasteiger partial charge in [-0.15, -0.1) is 22.7 Å². The Bertz CT molecular complexity index is 9180. The second kappa shape index (κ2) is 33.1. The van der Waals surface area contributed by atoms with Gasteiger partial charge in [-0.2, -0.15) is 0 Å². The van der Waals surface area contributed by atoms with Crippen LogP contribution in [0.15, 0.2) is 491 Å². The molecule has 8 nitrogen and oxygen atoms in total. The zero-order valence-corrected chi connectivity index (χ0v) is 75.9. The van der Waals surface area contributed by atoms with Crippen molar-refractivity contribution in [3.8, 4) is 127 Å². The lowest BCUT2D eigenvalue weighted by Gasteiger charge is -2.25. The minimum Gasteiger partial charge on any atom is -0.456 e. The van der Waals surface area contributed by atoms with E-state index < -0.39 is 0 Å². The fraction of sp³-hybridized carbons (Fsp3) is 0. The van der Waals surface area contributed by atoms with Crippen LogP contribution in [0.2, 0.25) is 0 Å². The number of hydrogen-bond acceptors (Lipinski definition) is 9. The van der Waals surface area contributed by atoms with E-state index in [0.717, 1.165) is 241 Å². The highest BCUT2D eigenvalue weighted by Crippen LogP contribution is 2.49. The first-order chi connectivity index (χ1) is 68.4. The molecule has 21 aromatic carbocycles. The third kappa shape index (κ3) is 13.9. The lowest BCUT2D eigenvalue weighted by molar-refractivity contribution is 0.668. The average Bonchev–Trinajstić information content (AvgIpc) is 1.59. The smallest absolute Gasteiger partial charge is 0.143 e. The summed E-state index contributed by atoms with van der Waals surface area (Å²) in [6.45, 7) is 0. The number of thiazole rings is 2. The first kappa shape index (κ1) is 79.9. The molecule has 0 amide bonds. The highest BCUT2D eigenvalue weighted by molar-refractivity contribution is 7.22. The molecule has 0 saturated carbocycles. The first-order valence-corrected chi connectivity index (χ1v) is 48.1. The molecule has 0 aliphatic rings. The van der Waals surface area contributed by atoms with Gasteiger partial charge in [-0.1, -0.05) is 346 Å². The number of anilines is 3. The quantitative estimate of drug-likeness (QED) is 0.101. The highest BCUT2D eigenvalue weighted by Gasteiger charge is 2.25. The molecule has 0 spiro atoms. The second-order valence-corrected chi connectivity index (χ2v) is 37.3. The van der Waals surface area contributed by atoms with Crippen molar-refractivity contribution in [1.82, 2.24) is 14.5 Å². The number of furan rings is 4. The number of hydrogen-bond donors (Lipinski definition) is 0. The maximum absolute atomic E-state index is 6.43. The van der Waals surface area contributed by atoms with Gasteiger partial charge in [0.05, 0.1) is 31.5 Å². The zero-order valence-electron chi connectivity index (χ0n) is 74.3. The summed E-state index contributed by atoms with van der Waals surface area (Å²) < 4.78 is 29.8. The van der Waals surface area contributed by atoms with Crippen LogP contribution < -0.4 is 4.90 Å². The first-order valence-electron chi connectivity index (χ1n) is 46.5. The van der Waals surface area contributed by atoms with Crippen LogP contribution >= 0.6 is 22.7 Å². The molecule has 0 fully saturated rings. The zero-order chi connectivity index (χ0) is 90.8. The standard InChI is InChI=1S/C67H40N2O2S.C61H38N2O2S/c1-2-10-50(11-3-1)69-59-15-7-4-12-53(59)56-38-47(30-35-60(56)69)43-22-28-46(29-23-43)67-68-65-51(44-24-18-41(19-25-44)48-31-36-63-57(39-48)54-13-5-8-16-61(54)70-63)33-34-52(66(65)72-67)45-26-20-42(21-27-45)49-32-37-64-58(40-49)55-14-6-9-17-62(55)71-64;1-3-13-44(14-4-1)63(45-15-5-2-6-16-45)46-35-33-43(34-36-46)61-62-57-47(39-25-27-40(28-26-39)48-19-11-21-53-51-17-7-9-23-55(51)64-58(48)53)37-38-50(60(57)66-61)42-31-29-41(30-32-42)49-20-12-22-54-52-18-8-10-24-56(52)65-59(49)54/h1-40H;1-38H. The van der Waals surface area contributed by atoms with Crippen LogP contribution in [0.3, 0.4) is 0 Å². The van der Waals surface area contributed by atoms with E-state index in [4.69, 9.17) is 27.6 Å². The molecule has 7 heterocycles. The van der Waals surface area contributed by atoms with Gasteiger partial charge in [-0.05, 0) is 194 Å². The molecule has 0 bridgehead atoms. The predicted molar refractivity (Wildman–Crippen MR) is 577 cm³/mol. The fourth-order valence-corrected chi connectivity index (χ4v) is 22.7. The van der Waals surface area contributed by atoms with Gasteiger partial charge in [-0.3, -0.25) is 0 Å². The van der Waals surface area contributed by atoms with Crippen molar-refractivity contribution in [3.63, 3.8) is 0 Å². The second-order valence-electron chi connectivity index (χ2n) is 35.3. The van der Waals surface area contributed by atoms with E-state index in [1.54, 1.807) is 22.7 Å². The van der Waals surface area contributed by atoms with Gasteiger partial charge in [0.15, 0.2) is 0 Å². The normalized spacial score (nSPS) is 11.8. The van der Waals surface area contributed by atoms with Crippen LogP contribution in [0.4, 0.5) is 17.1 Å². The maximum atomic E-state index is 6.43. The molecule has 0 radical (unpaired) electrons. The summed E-state index contributed by atoms with van der Waals surface area (Å²) >= 11 is 3.50. The monoisotopic (exact) mass is 1800 g/mol. The van der Waals surface area contributed by atoms with E-state index in [-0.39, 0.29) is 0 Å². The summed E-state index contributed by atoms with van der Waals surface area (Å²) in [4.78, 5) is 13.3. The van der Waals surface area contributed by atoms with Crippen molar-refractivity contribution in [2.24, 2.45) is 0 Å². The third-order valence-electron chi connectivity index (χ3n) is 27.3. The van der Waals surface area contributed by atoms with Gasteiger partial charge in [0.25, 0.3) is 0 Å². The molecule has 10 heteroatoms. The Morgan fingerprint density at radius 2 is 0.486 bits per heavy atom. The van der Waals surface area contributed by atoms with Crippen molar-refractivity contribution < 1.29 is 17.7 Å². The molecule has 0 N–H and O–H groups in total. The van der Waals surface area contributed by atoms with E-state index in [2.05, 4.69) is 434 Å². The lowest BCUT2D eigenvalue weighted by atomic mass is 9.95. The molecule has 646 valence electrons. The Hall–Kier alpha value is -17.8. The Balaban J connectivity index is 0.000000140. The van der Waals surface area contributed by atoms with E-state index in [0.29, 0.717) is 0 Å². The topological polar surface area (TPSA) is 86.5 Å². The largest absolute Gasteiger partial charge is 0.456 e. The van der Waals surface area contributed by atoms with Gasteiger partial charge in [0.1, 0.15) is 54.7 Å². The predicted octanol–water partition coefficient (Wildman–Crippen LogP) is 37.1. The molecule has 0 saturated heterocycles. The van der Waals surface area contributed by atoms with Crippen LogP contribution in [0.1, 0.15) is 0 Å². The Morgan fingerprint density at radius 1 is 0.188 bits per heavy atom. The fourth-order valence-electron chi connectivity index (χ4n) is 20.5. The van der Waals surface area contributed by atoms with Crippen molar-refractivity contribution in [2.45, 2.75) is 0 Å². The van der Waals surface area contributed by atoms with Crippen molar-refractivity contribution >= 4 is 170 Å². The summed E-state index contributed by atoms with van der Waals surface area (Å²) in [5, 5.41) is 13.5. The number of aromatic nitrogens is 3. The number of benzene rings is 21. The van der Waals surface area contributed by atoms with Gasteiger partial charge < -0.3 is 27.1 Å². The lowest BCUT2D eigenvalue weighted by Crippen LogP contribution is -2.09. The molecular formula is C128H78N4O4S2. The van der Waals surface area contributed by atoms with E-state index in [1.807, 2.05) is 48.5 Å². The molecule has 28 aromatic rings. The summed E-state index contributed by atoms with van der Waals surface area (Å²) in [6, 6.07) is 168. The molecule has 0 atom stereocenters. The molecule has 0 unspecified atom stereocenters. The van der Waals surface area contributed by atoms with E-state index >= 15 is 0 Å².